The molecule has 0 spiro atoms. The van der Waals surface area contributed by atoms with Crippen LogP contribution < -0.4 is 5.32 Å². The van der Waals surface area contributed by atoms with Crippen molar-refractivity contribution >= 4 is 54.8 Å². The second-order valence-electron chi connectivity index (χ2n) is 4.02. The van der Waals surface area contributed by atoms with Crippen LogP contribution in [-0.2, 0) is 6.54 Å². The van der Waals surface area contributed by atoms with Gasteiger partial charge in [0.15, 0.2) is 0 Å². The van der Waals surface area contributed by atoms with Gasteiger partial charge in [0.25, 0.3) is 5.69 Å². The van der Waals surface area contributed by atoms with Gasteiger partial charge in [0.05, 0.1) is 20.1 Å². The minimum atomic E-state index is -0.416. The highest BCUT2D eigenvalue weighted by Gasteiger charge is 2.12. The predicted octanol–water partition coefficient (Wildman–Crippen LogP) is 5.39. The first-order chi connectivity index (χ1) is 9.47. The zero-order valence-electron chi connectivity index (χ0n) is 10.1. The summed E-state index contributed by atoms with van der Waals surface area (Å²) in [6, 6.07) is 10.5. The van der Waals surface area contributed by atoms with E-state index in [-0.39, 0.29) is 5.69 Å². The lowest BCUT2D eigenvalue weighted by Gasteiger charge is -2.09. The maximum Gasteiger partial charge on any atom is 0.283 e. The number of anilines is 1. The van der Waals surface area contributed by atoms with Crippen molar-refractivity contribution in [1.82, 2.24) is 0 Å². The second kappa shape index (κ2) is 6.56. The summed E-state index contributed by atoms with van der Waals surface area (Å²) >= 11 is 12.6. The number of nitro groups is 1. The highest BCUT2D eigenvalue weighted by atomic mass is 79.9. The molecule has 0 saturated carbocycles. The van der Waals surface area contributed by atoms with Crippen molar-refractivity contribution in [3.8, 4) is 0 Å². The van der Waals surface area contributed by atoms with Crippen LogP contribution in [0.15, 0.2) is 45.3 Å². The van der Waals surface area contributed by atoms with Crippen molar-refractivity contribution in [2.75, 3.05) is 5.32 Å². The van der Waals surface area contributed by atoms with Gasteiger partial charge in [-0.1, -0.05) is 33.6 Å². The Kier molecular flexibility index (Phi) is 5.01. The summed E-state index contributed by atoms with van der Waals surface area (Å²) in [5.41, 5.74) is 1.63. The Hall–Kier alpha value is -1.11. The first-order valence-electron chi connectivity index (χ1n) is 5.59. The summed E-state index contributed by atoms with van der Waals surface area (Å²) in [6.45, 7) is 0.454. The van der Waals surface area contributed by atoms with Crippen LogP contribution >= 0.6 is 43.5 Å². The van der Waals surface area contributed by atoms with Crippen LogP contribution in [0.5, 0.6) is 0 Å². The molecule has 0 radical (unpaired) electrons. The molecular weight excluding hydrogens is 411 g/mol. The summed E-state index contributed by atoms with van der Waals surface area (Å²) in [5.74, 6) is 0. The van der Waals surface area contributed by atoms with E-state index in [1.807, 2.05) is 18.2 Å². The van der Waals surface area contributed by atoms with Gasteiger partial charge in [0.1, 0.15) is 0 Å². The van der Waals surface area contributed by atoms with Gasteiger partial charge in [-0.15, -0.1) is 0 Å². The maximum absolute atomic E-state index is 10.9. The maximum atomic E-state index is 10.9. The molecule has 0 aliphatic carbocycles. The number of nitro benzene ring substituents is 1. The van der Waals surface area contributed by atoms with Crippen LogP contribution in [0.4, 0.5) is 11.4 Å². The predicted molar refractivity (Wildman–Crippen MR) is 87.3 cm³/mol. The van der Waals surface area contributed by atoms with E-state index < -0.39 is 4.92 Å². The Bertz CT molecular complexity index is 665. The molecule has 0 saturated heterocycles. The van der Waals surface area contributed by atoms with E-state index in [1.165, 1.54) is 6.07 Å². The Morgan fingerprint density at radius 1 is 1.20 bits per heavy atom. The van der Waals surface area contributed by atoms with Gasteiger partial charge in [-0.3, -0.25) is 10.1 Å². The van der Waals surface area contributed by atoms with E-state index >= 15 is 0 Å². The molecule has 2 aromatic carbocycles. The van der Waals surface area contributed by atoms with Crippen molar-refractivity contribution < 1.29 is 4.92 Å². The van der Waals surface area contributed by atoms with E-state index in [9.17, 15) is 10.1 Å². The smallest absolute Gasteiger partial charge is 0.283 e. The lowest BCUT2D eigenvalue weighted by molar-refractivity contribution is -0.385. The summed E-state index contributed by atoms with van der Waals surface area (Å²) in [4.78, 5) is 10.5. The van der Waals surface area contributed by atoms with Crippen LogP contribution in [0.25, 0.3) is 0 Å². The minimum Gasteiger partial charge on any atom is -0.380 e. The highest BCUT2D eigenvalue weighted by molar-refractivity contribution is 9.10. The SMILES string of the molecule is O=[N+]([O-])c1cc(CNc2ccc(Br)cc2Cl)ccc1Br. The number of hydrogen-bond acceptors (Lipinski definition) is 3. The van der Waals surface area contributed by atoms with Crippen molar-refractivity contribution in [1.29, 1.82) is 0 Å². The number of nitrogens with one attached hydrogen (secondary N) is 1. The molecule has 104 valence electrons. The van der Waals surface area contributed by atoms with Crippen molar-refractivity contribution in [2.24, 2.45) is 0 Å². The van der Waals surface area contributed by atoms with Crippen LogP contribution in [0.3, 0.4) is 0 Å². The molecule has 0 atom stereocenters. The molecule has 0 heterocycles. The fraction of sp³-hybridized carbons (Fsp3) is 0.0769. The average Bonchev–Trinajstić information content (AvgIpc) is 2.39. The number of hydrogen-bond donors (Lipinski definition) is 1. The van der Waals surface area contributed by atoms with Crippen molar-refractivity contribution in [3.05, 3.63) is 66.0 Å². The molecule has 20 heavy (non-hydrogen) atoms. The normalized spacial score (nSPS) is 10.3. The topological polar surface area (TPSA) is 55.2 Å². The molecule has 1 N–H and O–H groups in total. The molecule has 2 aromatic rings. The largest absolute Gasteiger partial charge is 0.380 e. The fourth-order valence-corrected chi connectivity index (χ4v) is 2.77. The monoisotopic (exact) mass is 418 g/mol. The van der Waals surface area contributed by atoms with E-state index in [4.69, 9.17) is 11.6 Å². The third kappa shape index (κ3) is 3.71. The molecule has 0 bridgehead atoms. The van der Waals surface area contributed by atoms with E-state index in [1.54, 1.807) is 12.1 Å². The third-order valence-corrected chi connectivity index (χ3v) is 4.10. The summed E-state index contributed by atoms with van der Waals surface area (Å²) in [7, 11) is 0. The Labute approximate surface area is 137 Å². The van der Waals surface area contributed by atoms with Gasteiger partial charge in [0, 0.05) is 17.1 Å². The summed E-state index contributed by atoms with van der Waals surface area (Å²) < 4.78 is 1.36. The lowest BCUT2D eigenvalue weighted by Crippen LogP contribution is -2.01. The lowest BCUT2D eigenvalue weighted by atomic mass is 10.2. The molecule has 0 aliphatic heterocycles. The molecule has 7 heteroatoms. The molecule has 0 unspecified atom stereocenters. The van der Waals surface area contributed by atoms with E-state index in [0.29, 0.717) is 16.0 Å². The quantitative estimate of drug-likeness (QED) is 0.533. The Balaban J connectivity index is 2.15. The summed E-state index contributed by atoms with van der Waals surface area (Å²) in [5, 5.41) is 14.6. The fourth-order valence-electron chi connectivity index (χ4n) is 1.64. The highest BCUT2D eigenvalue weighted by Crippen LogP contribution is 2.28. The first-order valence-corrected chi connectivity index (χ1v) is 7.55. The van der Waals surface area contributed by atoms with E-state index in [2.05, 4.69) is 37.2 Å². The molecule has 2 rings (SSSR count). The molecule has 0 aliphatic rings. The average molecular weight is 420 g/mol. The van der Waals surface area contributed by atoms with Gasteiger partial charge < -0.3 is 5.32 Å². The molecular formula is C13H9Br2ClN2O2. The molecule has 0 aromatic heterocycles. The number of halogens is 3. The van der Waals surface area contributed by atoms with Gasteiger partial charge in [-0.2, -0.15) is 0 Å². The van der Waals surface area contributed by atoms with Crippen LogP contribution in [0.2, 0.25) is 5.02 Å². The van der Waals surface area contributed by atoms with Crippen molar-refractivity contribution in [2.45, 2.75) is 6.54 Å². The third-order valence-electron chi connectivity index (χ3n) is 2.62. The molecule has 0 amide bonds. The first kappa shape index (κ1) is 15.3. The number of rotatable bonds is 4. The number of nitrogens with zero attached hydrogens (tertiary/aromatic N) is 1. The summed E-state index contributed by atoms with van der Waals surface area (Å²) in [6.07, 6.45) is 0. The minimum absolute atomic E-state index is 0.0474. The van der Waals surface area contributed by atoms with Gasteiger partial charge in [0.2, 0.25) is 0 Å². The molecule has 0 fully saturated rings. The molecule has 4 nitrogen and oxygen atoms in total. The van der Waals surface area contributed by atoms with Crippen molar-refractivity contribution in [3.63, 3.8) is 0 Å². The zero-order valence-corrected chi connectivity index (χ0v) is 14.0. The second-order valence-corrected chi connectivity index (χ2v) is 6.20. The zero-order chi connectivity index (χ0) is 14.7. The van der Waals surface area contributed by atoms with Crippen LogP contribution in [0, 0.1) is 10.1 Å². The van der Waals surface area contributed by atoms with Gasteiger partial charge in [-0.25, -0.2) is 0 Å². The van der Waals surface area contributed by atoms with Crippen LogP contribution in [0.1, 0.15) is 5.56 Å². The Morgan fingerprint density at radius 3 is 2.60 bits per heavy atom. The van der Waals surface area contributed by atoms with E-state index in [0.717, 1.165) is 15.7 Å². The Morgan fingerprint density at radius 2 is 1.95 bits per heavy atom. The van der Waals surface area contributed by atoms with Crippen LogP contribution in [-0.4, -0.2) is 4.92 Å². The van der Waals surface area contributed by atoms with Gasteiger partial charge in [-0.05, 0) is 45.8 Å². The standard InChI is InChI=1S/C13H9Br2ClN2O2/c14-9-2-4-12(11(16)6-9)17-7-8-1-3-10(15)13(5-8)18(19)20/h1-6,17H,7H2. The number of benzene rings is 2. The van der Waals surface area contributed by atoms with Gasteiger partial charge >= 0.3 is 0 Å².